The first-order valence-corrected chi connectivity index (χ1v) is 7.99. The zero-order valence-corrected chi connectivity index (χ0v) is 13.7. The second kappa shape index (κ2) is 7.70. The Morgan fingerprint density at radius 2 is 1.96 bits per heavy atom. The number of hydrogen-bond acceptors (Lipinski definition) is 6. The van der Waals surface area contributed by atoms with Crippen molar-refractivity contribution in [3.8, 4) is 0 Å². The topological polar surface area (TPSA) is 82.4 Å². The Morgan fingerprint density at radius 1 is 1.12 bits per heavy atom. The molecule has 1 aromatic carbocycles. The van der Waals surface area contributed by atoms with Crippen molar-refractivity contribution in [1.29, 1.82) is 0 Å². The molecule has 0 atom stereocenters. The number of nitrogens with zero attached hydrogens (tertiary/aromatic N) is 3. The van der Waals surface area contributed by atoms with E-state index >= 15 is 0 Å². The minimum Gasteiger partial charge on any atom is -0.395 e. The molecule has 6 nitrogen and oxygen atoms in total. The van der Waals surface area contributed by atoms with Crippen molar-refractivity contribution < 1.29 is 5.11 Å². The van der Waals surface area contributed by atoms with Gasteiger partial charge in [-0.05, 0) is 18.6 Å². The molecule has 24 heavy (non-hydrogen) atoms. The number of anilines is 2. The van der Waals surface area contributed by atoms with Crippen LogP contribution in [0.25, 0.3) is 0 Å². The Kier molecular flexibility index (Phi) is 5.18. The van der Waals surface area contributed by atoms with Gasteiger partial charge < -0.3 is 15.7 Å². The van der Waals surface area contributed by atoms with Crippen molar-refractivity contribution in [2.75, 3.05) is 23.8 Å². The Balaban J connectivity index is 1.89. The van der Waals surface area contributed by atoms with E-state index in [0.717, 1.165) is 17.8 Å². The highest BCUT2D eigenvalue weighted by Crippen LogP contribution is 2.31. The SMILES string of the molecule is CC1=CC=Nc2c(nc(NCCO)nc2NCc2ccccc2)C1. The average molecular weight is 323 g/mol. The molecule has 124 valence electrons. The second-order valence-electron chi connectivity index (χ2n) is 5.65. The molecule has 1 aliphatic rings. The summed E-state index contributed by atoms with van der Waals surface area (Å²) in [5, 5.41) is 15.4. The molecule has 1 aliphatic heterocycles. The zero-order valence-electron chi connectivity index (χ0n) is 13.7. The lowest BCUT2D eigenvalue weighted by Gasteiger charge is -2.14. The third kappa shape index (κ3) is 3.97. The lowest BCUT2D eigenvalue weighted by Crippen LogP contribution is -2.12. The molecule has 2 heterocycles. The molecule has 0 bridgehead atoms. The molecule has 0 saturated heterocycles. The first-order valence-electron chi connectivity index (χ1n) is 7.99. The fourth-order valence-electron chi connectivity index (χ4n) is 2.47. The van der Waals surface area contributed by atoms with E-state index in [9.17, 15) is 0 Å². The standard InChI is InChI=1S/C18H21N5O/c1-13-7-8-19-16-15(11-13)22-18(20-9-10-24)23-17(16)21-12-14-5-3-2-4-6-14/h2-8,24H,9-12H2,1H3,(H2,20,21,22,23). The fourth-order valence-corrected chi connectivity index (χ4v) is 2.47. The largest absolute Gasteiger partial charge is 0.395 e. The van der Waals surface area contributed by atoms with Gasteiger partial charge in [0.15, 0.2) is 5.82 Å². The number of rotatable bonds is 6. The van der Waals surface area contributed by atoms with Gasteiger partial charge in [-0.3, -0.25) is 4.99 Å². The number of aliphatic imine (C=N–C) groups is 1. The summed E-state index contributed by atoms with van der Waals surface area (Å²) >= 11 is 0. The van der Waals surface area contributed by atoms with Crippen LogP contribution in [0.5, 0.6) is 0 Å². The highest BCUT2D eigenvalue weighted by molar-refractivity contribution is 5.81. The van der Waals surface area contributed by atoms with Crippen LogP contribution in [0.15, 0.2) is 47.0 Å². The molecule has 0 amide bonds. The summed E-state index contributed by atoms with van der Waals surface area (Å²) in [4.78, 5) is 13.6. The predicted molar refractivity (Wildman–Crippen MR) is 97.0 cm³/mol. The Hall–Kier alpha value is -2.73. The molecule has 1 aromatic heterocycles. The lowest BCUT2D eigenvalue weighted by atomic mass is 10.1. The van der Waals surface area contributed by atoms with E-state index in [4.69, 9.17) is 5.11 Å². The van der Waals surface area contributed by atoms with E-state index in [0.29, 0.717) is 24.9 Å². The number of aromatic nitrogens is 2. The van der Waals surface area contributed by atoms with Crippen LogP contribution in [0.2, 0.25) is 0 Å². The number of benzene rings is 1. The van der Waals surface area contributed by atoms with Crippen LogP contribution in [-0.2, 0) is 13.0 Å². The van der Waals surface area contributed by atoms with Crippen molar-refractivity contribution in [2.24, 2.45) is 4.99 Å². The van der Waals surface area contributed by atoms with Crippen molar-refractivity contribution in [2.45, 2.75) is 19.9 Å². The molecule has 0 fully saturated rings. The first kappa shape index (κ1) is 16.1. The third-order valence-electron chi connectivity index (χ3n) is 3.66. The molecule has 2 aromatic rings. The Morgan fingerprint density at radius 3 is 2.75 bits per heavy atom. The lowest BCUT2D eigenvalue weighted by molar-refractivity contribution is 0.311. The molecule has 0 radical (unpaired) electrons. The van der Waals surface area contributed by atoms with Gasteiger partial charge >= 0.3 is 0 Å². The average Bonchev–Trinajstić information content (AvgIpc) is 2.79. The van der Waals surface area contributed by atoms with Crippen LogP contribution >= 0.6 is 0 Å². The van der Waals surface area contributed by atoms with Crippen LogP contribution in [0.4, 0.5) is 17.5 Å². The van der Waals surface area contributed by atoms with Crippen LogP contribution in [0.3, 0.4) is 0 Å². The summed E-state index contributed by atoms with van der Waals surface area (Å²) < 4.78 is 0. The van der Waals surface area contributed by atoms with E-state index in [2.05, 4.69) is 44.7 Å². The first-order chi connectivity index (χ1) is 11.8. The molecule has 3 N–H and O–H groups in total. The van der Waals surface area contributed by atoms with Crippen molar-refractivity contribution >= 4 is 23.7 Å². The molecule has 3 rings (SSSR count). The number of hydrogen-bond donors (Lipinski definition) is 3. The third-order valence-corrected chi connectivity index (χ3v) is 3.66. The molecular formula is C18H21N5O. The summed E-state index contributed by atoms with van der Waals surface area (Å²) in [5.41, 5.74) is 4.01. The molecule has 0 saturated carbocycles. The normalized spacial score (nSPS) is 13.0. The minimum atomic E-state index is 0.0320. The van der Waals surface area contributed by atoms with Crippen molar-refractivity contribution in [3.05, 3.63) is 53.2 Å². The van der Waals surface area contributed by atoms with E-state index < -0.39 is 0 Å². The number of aliphatic hydroxyl groups is 1. The van der Waals surface area contributed by atoms with E-state index in [1.807, 2.05) is 24.3 Å². The fraction of sp³-hybridized carbons (Fsp3) is 0.278. The van der Waals surface area contributed by atoms with Crippen molar-refractivity contribution in [1.82, 2.24) is 9.97 Å². The summed E-state index contributed by atoms with van der Waals surface area (Å²) in [6.45, 7) is 3.16. The minimum absolute atomic E-state index is 0.0320. The Bertz CT molecular complexity index is 756. The van der Waals surface area contributed by atoms with Gasteiger partial charge in [-0.1, -0.05) is 35.9 Å². The van der Waals surface area contributed by atoms with Gasteiger partial charge in [0.25, 0.3) is 0 Å². The zero-order chi connectivity index (χ0) is 16.8. The number of aliphatic hydroxyl groups excluding tert-OH is 1. The van der Waals surface area contributed by atoms with Crippen LogP contribution in [0, 0.1) is 0 Å². The maximum absolute atomic E-state index is 9.01. The molecule has 0 aliphatic carbocycles. The van der Waals surface area contributed by atoms with Gasteiger partial charge in [0.1, 0.15) is 5.69 Å². The molecule has 0 spiro atoms. The van der Waals surface area contributed by atoms with Crippen LogP contribution < -0.4 is 10.6 Å². The maximum Gasteiger partial charge on any atom is 0.225 e. The van der Waals surface area contributed by atoms with E-state index in [1.165, 1.54) is 11.1 Å². The summed E-state index contributed by atoms with van der Waals surface area (Å²) in [6.07, 6.45) is 4.51. The van der Waals surface area contributed by atoms with Gasteiger partial charge in [0.2, 0.25) is 5.95 Å². The molecule has 0 unspecified atom stereocenters. The van der Waals surface area contributed by atoms with Crippen molar-refractivity contribution in [3.63, 3.8) is 0 Å². The second-order valence-corrected chi connectivity index (χ2v) is 5.65. The summed E-state index contributed by atoms with van der Waals surface area (Å²) in [6, 6.07) is 10.1. The summed E-state index contributed by atoms with van der Waals surface area (Å²) in [7, 11) is 0. The quantitative estimate of drug-likeness (QED) is 0.761. The Labute approximate surface area is 141 Å². The number of nitrogens with one attached hydrogen (secondary N) is 2. The summed E-state index contributed by atoms with van der Waals surface area (Å²) in [5.74, 6) is 1.20. The van der Waals surface area contributed by atoms with E-state index in [-0.39, 0.29) is 6.61 Å². The smallest absolute Gasteiger partial charge is 0.225 e. The monoisotopic (exact) mass is 323 g/mol. The van der Waals surface area contributed by atoms with Gasteiger partial charge in [-0.25, -0.2) is 4.98 Å². The van der Waals surface area contributed by atoms with Crippen LogP contribution in [-0.4, -0.2) is 34.4 Å². The van der Waals surface area contributed by atoms with E-state index in [1.54, 1.807) is 6.21 Å². The number of allylic oxidation sites excluding steroid dienone is 2. The van der Waals surface area contributed by atoms with Gasteiger partial charge in [0, 0.05) is 25.7 Å². The van der Waals surface area contributed by atoms with Gasteiger partial charge in [-0.2, -0.15) is 4.98 Å². The van der Waals surface area contributed by atoms with Crippen LogP contribution in [0.1, 0.15) is 18.2 Å². The van der Waals surface area contributed by atoms with Gasteiger partial charge in [0.05, 0.1) is 12.3 Å². The van der Waals surface area contributed by atoms with Gasteiger partial charge in [-0.15, -0.1) is 0 Å². The highest BCUT2D eigenvalue weighted by atomic mass is 16.3. The highest BCUT2D eigenvalue weighted by Gasteiger charge is 2.15. The number of fused-ring (bicyclic) bond motifs is 1. The maximum atomic E-state index is 9.01. The predicted octanol–water partition coefficient (Wildman–Crippen LogP) is 2.70. The molecule has 6 heteroatoms. The molecular weight excluding hydrogens is 302 g/mol.